The molecule has 0 bridgehead atoms. The first-order valence-corrected chi connectivity index (χ1v) is 16.1. The summed E-state index contributed by atoms with van der Waals surface area (Å²) in [5.41, 5.74) is 4.10. The SMILES string of the molecule is CC[C@H](C)[C@@H](CN(Cc1cccc(Cl)c1Cl)C(=S)Nc1ccc(Br)cc1)NC(=O)Cc1cncn1Cc1ccc(C#N)cc1. The highest BCUT2D eigenvalue weighted by Crippen LogP contribution is 2.27. The fraction of sp³-hybridized carbons (Fsp3) is 0.273. The van der Waals surface area contributed by atoms with E-state index in [-0.39, 0.29) is 24.3 Å². The Hall–Kier alpha value is -3.42. The molecule has 0 radical (unpaired) electrons. The largest absolute Gasteiger partial charge is 0.351 e. The highest BCUT2D eigenvalue weighted by Gasteiger charge is 2.25. The lowest BCUT2D eigenvalue weighted by atomic mass is 9.98. The Balaban J connectivity index is 1.51. The van der Waals surface area contributed by atoms with Gasteiger partial charge in [0.2, 0.25) is 5.91 Å². The molecule has 4 aromatic rings. The topological polar surface area (TPSA) is 86.0 Å². The average molecular weight is 713 g/mol. The molecule has 11 heteroatoms. The summed E-state index contributed by atoms with van der Waals surface area (Å²) >= 11 is 22.3. The van der Waals surface area contributed by atoms with E-state index in [1.807, 2.05) is 58.0 Å². The third-order valence-electron chi connectivity index (χ3n) is 7.45. The molecule has 0 spiro atoms. The molecule has 2 N–H and O–H groups in total. The lowest BCUT2D eigenvalue weighted by molar-refractivity contribution is -0.121. The molecule has 44 heavy (non-hydrogen) atoms. The molecule has 0 aliphatic heterocycles. The maximum atomic E-state index is 13.5. The van der Waals surface area contributed by atoms with Crippen molar-refractivity contribution in [2.24, 2.45) is 5.92 Å². The normalized spacial score (nSPS) is 12.2. The van der Waals surface area contributed by atoms with Crippen LogP contribution in [0.15, 0.2) is 83.7 Å². The van der Waals surface area contributed by atoms with Crippen LogP contribution in [-0.2, 0) is 24.3 Å². The van der Waals surface area contributed by atoms with E-state index in [1.54, 1.807) is 30.7 Å². The predicted octanol–water partition coefficient (Wildman–Crippen LogP) is 7.84. The monoisotopic (exact) mass is 710 g/mol. The highest BCUT2D eigenvalue weighted by atomic mass is 79.9. The smallest absolute Gasteiger partial charge is 0.226 e. The number of imidazole rings is 1. The van der Waals surface area contributed by atoms with Gasteiger partial charge in [0.1, 0.15) is 0 Å². The number of nitrogens with zero attached hydrogens (tertiary/aromatic N) is 4. The molecule has 0 saturated heterocycles. The van der Waals surface area contributed by atoms with Gasteiger partial charge in [0, 0.05) is 47.7 Å². The Morgan fingerprint density at radius 1 is 1.14 bits per heavy atom. The van der Waals surface area contributed by atoms with Crippen LogP contribution < -0.4 is 10.6 Å². The van der Waals surface area contributed by atoms with Crippen molar-refractivity contribution < 1.29 is 4.79 Å². The molecule has 3 aromatic carbocycles. The van der Waals surface area contributed by atoms with Crippen molar-refractivity contribution in [1.29, 1.82) is 5.26 Å². The zero-order chi connectivity index (χ0) is 31.6. The van der Waals surface area contributed by atoms with E-state index in [9.17, 15) is 4.79 Å². The number of rotatable bonds is 12. The molecule has 0 aliphatic rings. The van der Waals surface area contributed by atoms with Gasteiger partial charge in [-0.3, -0.25) is 4.79 Å². The van der Waals surface area contributed by atoms with Crippen molar-refractivity contribution in [3.63, 3.8) is 0 Å². The van der Waals surface area contributed by atoms with E-state index in [1.165, 1.54) is 0 Å². The average Bonchev–Trinajstić information content (AvgIpc) is 3.45. The molecular formula is C33H33BrCl2N6OS. The van der Waals surface area contributed by atoms with Crippen LogP contribution in [-0.4, -0.2) is 38.1 Å². The summed E-state index contributed by atoms with van der Waals surface area (Å²) in [6.07, 6.45) is 4.47. The first kappa shape index (κ1) is 33.5. The molecule has 1 heterocycles. The van der Waals surface area contributed by atoms with Crippen LogP contribution in [0, 0.1) is 17.2 Å². The fourth-order valence-electron chi connectivity index (χ4n) is 4.66. The Morgan fingerprint density at radius 2 is 1.86 bits per heavy atom. The van der Waals surface area contributed by atoms with Crippen LogP contribution in [0.1, 0.15) is 42.7 Å². The molecule has 0 saturated carbocycles. The maximum absolute atomic E-state index is 13.5. The lowest BCUT2D eigenvalue weighted by Gasteiger charge is -2.33. The van der Waals surface area contributed by atoms with E-state index in [0.29, 0.717) is 40.4 Å². The number of hydrogen-bond donors (Lipinski definition) is 2. The number of halogens is 3. The Morgan fingerprint density at radius 3 is 2.55 bits per heavy atom. The second-order valence-corrected chi connectivity index (χ2v) is 12.7. The van der Waals surface area contributed by atoms with Gasteiger partial charge in [-0.2, -0.15) is 5.26 Å². The van der Waals surface area contributed by atoms with Gasteiger partial charge in [0.05, 0.1) is 34.4 Å². The maximum Gasteiger partial charge on any atom is 0.226 e. The van der Waals surface area contributed by atoms with Gasteiger partial charge in [0.25, 0.3) is 0 Å². The third kappa shape index (κ3) is 9.29. The van der Waals surface area contributed by atoms with E-state index in [0.717, 1.165) is 33.4 Å². The summed E-state index contributed by atoms with van der Waals surface area (Å²) in [6.45, 7) is 5.63. The number of benzene rings is 3. The number of anilines is 1. The lowest BCUT2D eigenvalue weighted by Crippen LogP contribution is -2.50. The van der Waals surface area contributed by atoms with Gasteiger partial charge < -0.3 is 20.1 Å². The highest BCUT2D eigenvalue weighted by molar-refractivity contribution is 9.10. The Bertz CT molecular complexity index is 1620. The first-order chi connectivity index (χ1) is 21.2. The number of aromatic nitrogens is 2. The quantitative estimate of drug-likeness (QED) is 0.146. The van der Waals surface area contributed by atoms with E-state index >= 15 is 0 Å². The van der Waals surface area contributed by atoms with Crippen LogP contribution in [0.5, 0.6) is 0 Å². The van der Waals surface area contributed by atoms with Crippen molar-refractivity contribution in [1.82, 2.24) is 19.8 Å². The van der Waals surface area contributed by atoms with Crippen LogP contribution in [0.2, 0.25) is 10.0 Å². The molecule has 1 aromatic heterocycles. The molecule has 2 atom stereocenters. The summed E-state index contributed by atoms with van der Waals surface area (Å²) in [6, 6.07) is 22.6. The molecule has 7 nitrogen and oxygen atoms in total. The molecule has 0 aliphatic carbocycles. The first-order valence-electron chi connectivity index (χ1n) is 14.2. The molecular weight excluding hydrogens is 679 g/mol. The zero-order valence-electron chi connectivity index (χ0n) is 24.4. The van der Waals surface area contributed by atoms with Crippen molar-refractivity contribution in [3.8, 4) is 6.07 Å². The predicted molar refractivity (Wildman–Crippen MR) is 185 cm³/mol. The van der Waals surface area contributed by atoms with Gasteiger partial charge in [-0.1, -0.05) is 83.7 Å². The molecule has 4 rings (SSSR count). The van der Waals surface area contributed by atoms with Gasteiger partial charge in [-0.25, -0.2) is 4.98 Å². The number of nitrogens with one attached hydrogen (secondary N) is 2. The number of amides is 1. The minimum absolute atomic E-state index is 0.107. The van der Waals surface area contributed by atoms with Crippen molar-refractivity contribution in [3.05, 3.63) is 116 Å². The fourth-order valence-corrected chi connectivity index (χ4v) is 5.56. The minimum Gasteiger partial charge on any atom is -0.351 e. The van der Waals surface area contributed by atoms with E-state index in [2.05, 4.69) is 51.5 Å². The van der Waals surface area contributed by atoms with E-state index < -0.39 is 0 Å². The van der Waals surface area contributed by atoms with Crippen LogP contribution in [0.4, 0.5) is 5.69 Å². The Kier molecular flexibility index (Phi) is 12.2. The third-order valence-corrected chi connectivity index (χ3v) is 9.19. The van der Waals surface area contributed by atoms with E-state index in [4.69, 9.17) is 40.7 Å². The second-order valence-electron chi connectivity index (χ2n) is 10.6. The molecule has 1 amide bonds. The number of nitriles is 1. The van der Waals surface area contributed by atoms with Crippen molar-refractivity contribution in [2.75, 3.05) is 11.9 Å². The molecule has 228 valence electrons. The minimum atomic E-state index is -0.204. The molecule has 0 fully saturated rings. The summed E-state index contributed by atoms with van der Waals surface area (Å²) in [5, 5.41) is 17.1. The number of carbonyl (C=O) groups is 1. The second kappa shape index (κ2) is 16.1. The summed E-state index contributed by atoms with van der Waals surface area (Å²) in [7, 11) is 0. The van der Waals surface area contributed by atoms with Gasteiger partial charge in [0.15, 0.2) is 5.11 Å². The number of thiocarbonyl (C=S) groups is 1. The zero-order valence-corrected chi connectivity index (χ0v) is 28.3. The number of carbonyl (C=O) groups excluding carboxylic acids is 1. The number of hydrogen-bond acceptors (Lipinski definition) is 4. The summed E-state index contributed by atoms with van der Waals surface area (Å²) in [5.74, 6) is 0.0553. The van der Waals surface area contributed by atoms with Crippen LogP contribution in [0.25, 0.3) is 0 Å². The van der Waals surface area contributed by atoms with Crippen molar-refractivity contribution >= 4 is 68.1 Å². The van der Waals surface area contributed by atoms with Gasteiger partial charge in [-0.15, -0.1) is 0 Å². The Labute approximate surface area is 282 Å². The van der Waals surface area contributed by atoms with Gasteiger partial charge in [-0.05, 0) is 71.7 Å². The summed E-state index contributed by atoms with van der Waals surface area (Å²) < 4.78 is 2.92. The van der Waals surface area contributed by atoms with Crippen LogP contribution >= 0.6 is 51.3 Å². The van der Waals surface area contributed by atoms with Crippen LogP contribution in [0.3, 0.4) is 0 Å². The standard InChI is InChI=1S/C33H33BrCl2N6OS/c1-3-22(2)30(40-31(43)15-28-17-38-21-42(28)18-24-9-7-23(16-37)8-10-24)20-41(19-25-5-4-6-29(35)32(25)36)33(44)39-27-13-11-26(34)12-14-27/h4-14,17,21-22,30H,3,15,18-20H2,1-2H3,(H,39,44)(H,40,43)/t22-,30+/m0/s1. The van der Waals surface area contributed by atoms with Gasteiger partial charge >= 0.3 is 0 Å². The van der Waals surface area contributed by atoms with Crippen molar-refractivity contribution in [2.45, 2.75) is 45.8 Å². The summed E-state index contributed by atoms with van der Waals surface area (Å²) in [4.78, 5) is 19.8. The molecule has 0 unspecified atom stereocenters.